The maximum Gasteiger partial charge on any atom is 0.132 e. The van der Waals surface area contributed by atoms with Crippen molar-refractivity contribution >= 4 is 5.82 Å². The lowest BCUT2D eigenvalue weighted by Crippen LogP contribution is -2.19. The molecule has 1 aromatic heterocycles. The molecule has 1 atom stereocenters. The fourth-order valence-corrected chi connectivity index (χ4v) is 2.54. The lowest BCUT2D eigenvalue weighted by molar-refractivity contribution is 0.397. The molecule has 3 nitrogen and oxygen atoms in total. The summed E-state index contributed by atoms with van der Waals surface area (Å²) in [6.45, 7) is 3.08. The Morgan fingerprint density at radius 3 is 2.94 bits per heavy atom. The van der Waals surface area contributed by atoms with Crippen LogP contribution >= 0.6 is 0 Å². The highest BCUT2D eigenvalue weighted by Crippen LogP contribution is 2.32. The number of nitrogen functional groups attached to an aromatic ring is 1. The van der Waals surface area contributed by atoms with Gasteiger partial charge in [0.05, 0.1) is 0 Å². The van der Waals surface area contributed by atoms with Crippen molar-refractivity contribution in [3.8, 4) is 11.3 Å². The van der Waals surface area contributed by atoms with Crippen molar-refractivity contribution in [2.45, 2.75) is 26.3 Å². The number of nitrogens with zero attached hydrogens (tertiary/aromatic N) is 2. The van der Waals surface area contributed by atoms with Gasteiger partial charge in [0, 0.05) is 18.5 Å². The van der Waals surface area contributed by atoms with Crippen molar-refractivity contribution in [2.24, 2.45) is 5.92 Å². The average molecular weight is 245 g/mol. The Labute approximate surface area is 105 Å². The van der Waals surface area contributed by atoms with Gasteiger partial charge in [-0.15, -0.1) is 0 Å². The van der Waals surface area contributed by atoms with Crippen LogP contribution in [0.5, 0.6) is 0 Å². The first-order valence-corrected chi connectivity index (χ1v) is 6.26. The molecule has 0 spiro atoms. The topological polar surface area (TPSA) is 43.8 Å². The van der Waals surface area contributed by atoms with Gasteiger partial charge in [-0.05, 0) is 24.5 Å². The van der Waals surface area contributed by atoms with E-state index in [0.717, 1.165) is 25.2 Å². The predicted molar refractivity (Wildman–Crippen MR) is 69.5 cm³/mol. The molecule has 2 aromatic rings. The summed E-state index contributed by atoms with van der Waals surface area (Å²) < 4.78 is 15.8. The fourth-order valence-electron chi connectivity index (χ4n) is 2.54. The zero-order valence-electron chi connectivity index (χ0n) is 10.4. The maximum atomic E-state index is 13.8. The van der Waals surface area contributed by atoms with Gasteiger partial charge in [-0.3, -0.25) is 0 Å². The molecule has 0 radical (unpaired) electrons. The summed E-state index contributed by atoms with van der Waals surface area (Å²) in [4.78, 5) is 4.51. The molecule has 0 aliphatic carbocycles. The first-order valence-electron chi connectivity index (χ1n) is 6.26. The predicted octanol–water partition coefficient (Wildman–Crippen LogP) is 2.85. The molecule has 0 saturated carbocycles. The molecule has 4 heteroatoms. The van der Waals surface area contributed by atoms with Gasteiger partial charge in [-0.25, -0.2) is 9.37 Å². The van der Waals surface area contributed by atoms with Crippen LogP contribution in [0.15, 0.2) is 24.3 Å². The van der Waals surface area contributed by atoms with E-state index in [1.165, 1.54) is 6.07 Å². The minimum atomic E-state index is -0.271. The van der Waals surface area contributed by atoms with Crippen LogP contribution in [0.3, 0.4) is 0 Å². The standard InChI is InChI=1S/C14H16FN3/c1-9-6-7-12-17-13(14(16)18(12)8-9)10-4-2-3-5-11(10)15/h2-5,9H,6-8,16H2,1H3. The minimum Gasteiger partial charge on any atom is -0.383 e. The minimum absolute atomic E-state index is 0.271. The van der Waals surface area contributed by atoms with Gasteiger partial charge in [0.25, 0.3) is 0 Å². The van der Waals surface area contributed by atoms with Crippen LogP contribution in [-0.4, -0.2) is 9.55 Å². The van der Waals surface area contributed by atoms with Crippen LogP contribution in [0.25, 0.3) is 11.3 Å². The van der Waals surface area contributed by atoms with E-state index in [0.29, 0.717) is 23.0 Å². The van der Waals surface area contributed by atoms with Gasteiger partial charge in [0.15, 0.2) is 0 Å². The highest BCUT2D eigenvalue weighted by atomic mass is 19.1. The summed E-state index contributed by atoms with van der Waals surface area (Å²) in [5.74, 6) is 1.89. The summed E-state index contributed by atoms with van der Waals surface area (Å²) in [5.41, 5.74) is 7.19. The van der Waals surface area contributed by atoms with Gasteiger partial charge in [-0.2, -0.15) is 0 Å². The van der Waals surface area contributed by atoms with Crippen LogP contribution in [0.1, 0.15) is 19.2 Å². The van der Waals surface area contributed by atoms with Crippen LogP contribution in [0.2, 0.25) is 0 Å². The number of anilines is 1. The Hall–Kier alpha value is -1.84. The number of benzene rings is 1. The lowest BCUT2D eigenvalue weighted by Gasteiger charge is -2.20. The van der Waals surface area contributed by atoms with Crippen LogP contribution in [0, 0.1) is 11.7 Å². The Morgan fingerprint density at radius 1 is 1.39 bits per heavy atom. The molecular weight excluding hydrogens is 229 g/mol. The molecule has 1 unspecified atom stereocenters. The molecule has 1 aliphatic rings. The molecule has 0 amide bonds. The number of aromatic nitrogens is 2. The summed E-state index contributed by atoms with van der Waals surface area (Å²) in [5, 5.41) is 0. The van der Waals surface area contributed by atoms with Gasteiger partial charge in [0.1, 0.15) is 23.2 Å². The average Bonchev–Trinajstić information content (AvgIpc) is 2.68. The van der Waals surface area contributed by atoms with Gasteiger partial charge >= 0.3 is 0 Å². The van der Waals surface area contributed by atoms with E-state index in [1.807, 2.05) is 4.57 Å². The Balaban J connectivity index is 2.12. The molecule has 94 valence electrons. The van der Waals surface area contributed by atoms with Crippen molar-refractivity contribution in [1.82, 2.24) is 9.55 Å². The monoisotopic (exact) mass is 245 g/mol. The van der Waals surface area contributed by atoms with E-state index in [9.17, 15) is 4.39 Å². The summed E-state index contributed by atoms with van der Waals surface area (Å²) >= 11 is 0. The molecule has 3 rings (SSSR count). The quantitative estimate of drug-likeness (QED) is 0.839. The Kier molecular flexibility index (Phi) is 2.58. The second-order valence-corrected chi connectivity index (χ2v) is 5.00. The third-order valence-corrected chi connectivity index (χ3v) is 3.57. The summed E-state index contributed by atoms with van der Waals surface area (Å²) in [6, 6.07) is 6.64. The number of hydrogen-bond acceptors (Lipinski definition) is 2. The molecule has 0 bridgehead atoms. The number of imidazole rings is 1. The second-order valence-electron chi connectivity index (χ2n) is 5.00. The first kappa shape index (κ1) is 11.3. The molecular formula is C14H16FN3. The van der Waals surface area contributed by atoms with Crippen molar-refractivity contribution in [3.05, 3.63) is 35.9 Å². The third-order valence-electron chi connectivity index (χ3n) is 3.57. The zero-order valence-corrected chi connectivity index (χ0v) is 10.4. The van der Waals surface area contributed by atoms with Gasteiger partial charge in [-0.1, -0.05) is 19.1 Å². The maximum absolute atomic E-state index is 13.8. The highest BCUT2D eigenvalue weighted by molar-refractivity contribution is 5.71. The van der Waals surface area contributed by atoms with Gasteiger partial charge in [0.2, 0.25) is 0 Å². The molecule has 2 N–H and O–H groups in total. The number of nitrogens with two attached hydrogens (primary N) is 1. The zero-order chi connectivity index (χ0) is 12.7. The van der Waals surface area contributed by atoms with Crippen molar-refractivity contribution in [3.63, 3.8) is 0 Å². The van der Waals surface area contributed by atoms with Gasteiger partial charge < -0.3 is 10.3 Å². The number of rotatable bonds is 1. The number of halogens is 1. The fraction of sp³-hybridized carbons (Fsp3) is 0.357. The molecule has 0 saturated heterocycles. The summed E-state index contributed by atoms with van der Waals surface area (Å²) in [6.07, 6.45) is 2.03. The van der Waals surface area contributed by atoms with Crippen LogP contribution in [0.4, 0.5) is 10.2 Å². The molecule has 18 heavy (non-hydrogen) atoms. The normalized spacial score (nSPS) is 18.7. The largest absolute Gasteiger partial charge is 0.383 e. The number of aryl methyl sites for hydroxylation is 1. The van der Waals surface area contributed by atoms with E-state index in [-0.39, 0.29) is 5.82 Å². The molecule has 0 fully saturated rings. The molecule has 2 heterocycles. The lowest BCUT2D eigenvalue weighted by atomic mass is 10.0. The molecule has 1 aromatic carbocycles. The molecule has 1 aliphatic heterocycles. The SMILES string of the molecule is CC1CCc2nc(-c3ccccc3F)c(N)n2C1. The third kappa shape index (κ3) is 1.68. The van der Waals surface area contributed by atoms with E-state index >= 15 is 0 Å². The Bertz CT molecular complexity index is 589. The van der Waals surface area contributed by atoms with E-state index in [1.54, 1.807) is 18.2 Å². The van der Waals surface area contributed by atoms with E-state index < -0.39 is 0 Å². The van der Waals surface area contributed by atoms with E-state index in [4.69, 9.17) is 5.73 Å². The number of fused-ring (bicyclic) bond motifs is 1. The highest BCUT2D eigenvalue weighted by Gasteiger charge is 2.23. The van der Waals surface area contributed by atoms with E-state index in [2.05, 4.69) is 11.9 Å². The van der Waals surface area contributed by atoms with Crippen molar-refractivity contribution in [2.75, 3.05) is 5.73 Å². The van der Waals surface area contributed by atoms with Crippen LogP contribution in [-0.2, 0) is 13.0 Å². The van der Waals surface area contributed by atoms with Crippen molar-refractivity contribution in [1.29, 1.82) is 0 Å². The second kappa shape index (κ2) is 4.12. The summed E-state index contributed by atoms with van der Waals surface area (Å²) in [7, 11) is 0. The smallest absolute Gasteiger partial charge is 0.132 e. The van der Waals surface area contributed by atoms with Crippen LogP contribution < -0.4 is 5.73 Å². The Morgan fingerprint density at radius 2 is 2.17 bits per heavy atom. The first-order chi connectivity index (χ1) is 8.66. The van der Waals surface area contributed by atoms with Crippen molar-refractivity contribution < 1.29 is 4.39 Å². The number of hydrogen-bond donors (Lipinski definition) is 1.